The average molecular weight is 337 g/mol. The van der Waals surface area contributed by atoms with E-state index in [-0.39, 0.29) is 12.0 Å². The number of benzene rings is 2. The molecule has 2 heterocycles. The zero-order valence-corrected chi connectivity index (χ0v) is 13.8. The summed E-state index contributed by atoms with van der Waals surface area (Å²) in [4.78, 5) is 27.7. The predicted molar refractivity (Wildman–Crippen MR) is 95.0 cm³/mol. The molecule has 0 aliphatic carbocycles. The second-order valence-electron chi connectivity index (χ2n) is 6.22. The van der Waals surface area contributed by atoms with Crippen LogP contribution in [0.2, 0.25) is 0 Å². The van der Waals surface area contributed by atoms with Gasteiger partial charge in [-0.05, 0) is 35.9 Å². The number of nitrogens with zero attached hydrogens (tertiary/aromatic N) is 2. The summed E-state index contributed by atoms with van der Waals surface area (Å²) < 4.78 is 5.39. The number of nitrogens with one attached hydrogen (secondary N) is 1. The topological polar surface area (TPSA) is 61.9 Å². The lowest BCUT2D eigenvalue weighted by atomic mass is 10.1. The lowest BCUT2D eigenvalue weighted by Crippen LogP contribution is -2.49. The van der Waals surface area contributed by atoms with Gasteiger partial charge in [0.2, 0.25) is 5.91 Å². The second-order valence-corrected chi connectivity index (χ2v) is 6.22. The number of fused-ring (bicyclic) bond motifs is 1. The van der Waals surface area contributed by atoms with E-state index in [2.05, 4.69) is 16.3 Å². The van der Waals surface area contributed by atoms with E-state index in [1.165, 1.54) is 0 Å². The van der Waals surface area contributed by atoms with Crippen LogP contribution in [0.25, 0.3) is 0 Å². The molecule has 2 aliphatic heterocycles. The molecule has 0 saturated carbocycles. The van der Waals surface area contributed by atoms with Gasteiger partial charge in [-0.25, -0.2) is 4.79 Å². The molecule has 0 radical (unpaired) electrons. The van der Waals surface area contributed by atoms with Crippen molar-refractivity contribution in [2.75, 3.05) is 36.4 Å². The number of ether oxygens (including phenoxy) is 1. The molecule has 1 N–H and O–H groups in total. The van der Waals surface area contributed by atoms with E-state index in [0.29, 0.717) is 25.3 Å². The predicted octanol–water partition coefficient (Wildman–Crippen LogP) is 2.50. The van der Waals surface area contributed by atoms with Gasteiger partial charge in [-0.1, -0.05) is 18.2 Å². The number of rotatable bonds is 2. The number of para-hydroxylation sites is 1. The van der Waals surface area contributed by atoms with E-state index in [1.807, 2.05) is 30.3 Å². The number of carbonyl (C=O) groups excluding carboxylic acids is 2. The van der Waals surface area contributed by atoms with Gasteiger partial charge < -0.3 is 19.9 Å². The first-order valence-electron chi connectivity index (χ1n) is 8.38. The molecule has 0 bridgehead atoms. The Morgan fingerprint density at radius 3 is 2.52 bits per heavy atom. The molecule has 2 amide bonds. The number of carbonyl (C=O) groups is 2. The summed E-state index contributed by atoms with van der Waals surface area (Å²) in [6, 6.07) is 15.1. The van der Waals surface area contributed by atoms with E-state index in [0.717, 1.165) is 30.0 Å². The van der Waals surface area contributed by atoms with Gasteiger partial charge in [0, 0.05) is 37.6 Å². The summed E-state index contributed by atoms with van der Waals surface area (Å²) in [5.74, 6) is 0.603. The summed E-state index contributed by atoms with van der Waals surface area (Å²) in [7, 11) is 0. The molecule has 1 saturated heterocycles. The molecule has 0 unspecified atom stereocenters. The molecule has 6 heteroatoms. The zero-order valence-electron chi connectivity index (χ0n) is 13.8. The summed E-state index contributed by atoms with van der Waals surface area (Å²) >= 11 is 0. The van der Waals surface area contributed by atoms with Crippen molar-refractivity contribution in [1.82, 2.24) is 4.90 Å². The van der Waals surface area contributed by atoms with Gasteiger partial charge in [-0.2, -0.15) is 0 Å². The van der Waals surface area contributed by atoms with Crippen molar-refractivity contribution < 1.29 is 14.3 Å². The fourth-order valence-corrected chi connectivity index (χ4v) is 3.21. The van der Waals surface area contributed by atoms with Crippen molar-refractivity contribution in [1.29, 1.82) is 0 Å². The van der Waals surface area contributed by atoms with Crippen molar-refractivity contribution in [3.8, 4) is 5.75 Å². The molecule has 2 aromatic rings. The Bertz CT molecular complexity index is 799. The average Bonchev–Trinajstić information content (AvgIpc) is 3.02. The largest absolute Gasteiger partial charge is 0.415 e. The quantitative estimate of drug-likeness (QED) is 0.915. The first-order chi connectivity index (χ1) is 12.2. The molecule has 25 heavy (non-hydrogen) atoms. The van der Waals surface area contributed by atoms with Crippen LogP contribution in [0.4, 0.5) is 16.2 Å². The minimum absolute atomic E-state index is 0.0422. The molecule has 128 valence electrons. The fourth-order valence-electron chi connectivity index (χ4n) is 3.21. The Kier molecular flexibility index (Phi) is 4.01. The van der Waals surface area contributed by atoms with Crippen LogP contribution in [0.3, 0.4) is 0 Å². The van der Waals surface area contributed by atoms with E-state index in [4.69, 9.17) is 4.74 Å². The smallest absolute Gasteiger partial charge is 0.410 e. The van der Waals surface area contributed by atoms with E-state index in [9.17, 15) is 9.59 Å². The van der Waals surface area contributed by atoms with Gasteiger partial charge >= 0.3 is 6.09 Å². The molecule has 6 nitrogen and oxygen atoms in total. The minimum Gasteiger partial charge on any atom is -0.410 e. The van der Waals surface area contributed by atoms with Crippen LogP contribution in [0.15, 0.2) is 48.5 Å². The van der Waals surface area contributed by atoms with Gasteiger partial charge in [0.25, 0.3) is 0 Å². The summed E-state index contributed by atoms with van der Waals surface area (Å²) in [6.07, 6.45) is 0.126. The SMILES string of the molecule is O=C1Cc2cc(N3CCN(C(=O)Oc4ccccc4)CC3)ccc2N1. The highest BCUT2D eigenvalue weighted by atomic mass is 16.6. The molecule has 0 aromatic heterocycles. The monoisotopic (exact) mass is 337 g/mol. The molecule has 2 aliphatic rings. The van der Waals surface area contributed by atoms with Gasteiger partial charge in [0.05, 0.1) is 6.42 Å². The zero-order chi connectivity index (χ0) is 17.2. The van der Waals surface area contributed by atoms with Gasteiger partial charge in [0.1, 0.15) is 5.75 Å². The van der Waals surface area contributed by atoms with Crippen molar-refractivity contribution in [2.45, 2.75) is 6.42 Å². The standard InChI is InChI=1S/C19H19N3O3/c23-18-13-14-12-15(6-7-17(14)20-18)21-8-10-22(11-9-21)19(24)25-16-4-2-1-3-5-16/h1-7,12H,8-11,13H2,(H,20,23). The Morgan fingerprint density at radius 2 is 1.76 bits per heavy atom. The third-order valence-corrected chi connectivity index (χ3v) is 4.57. The molecular formula is C19H19N3O3. The number of hydrogen-bond acceptors (Lipinski definition) is 4. The maximum absolute atomic E-state index is 12.2. The molecule has 0 spiro atoms. The van der Waals surface area contributed by atoms with E-state index < -0.39 is 0 Å². The van der Waals surface area contributed by atoms with Crippen LogP contribution in [-0.2, 0) is 11.2 Å². The van der Waals surface area contributed by atoms with Crippen LogP contribution in [0.5, 0.6) is 5.75 Å². The Labute approximate surface area is 146 Å². The highest BCUT2D eigenvalue weighted by Gasteiger charge is 2.24. The van der Waals surface area contributed by atoms with Crippen molar-refractivity contribution in [3.05, 3.63) is 54.1 Å². The number of amides is 2. The summed E-state index contributed by atoms with van der Waals surface area (Å²) in [5, 5.41) is 2.85. The lowest BCUT2D eigenvalue weighted by Gasteiger charge is -2.35. The second kappa shape index (κ2) is 6.47. The lowest BCUT2D eigenvalue weighted by molar-refractivity contribution is -0.115. The third kappa shape index (κ3) is 3.28. The maximum Gasteiger partial charge on any atom is 0.415 e. The van der Waals surface area contributed by atoms with Crippen LogP contribution in [-0.4, -0.2) is 43.1 Å². The summed E-state index contributed by atoms with van der Waals surface area (Å²) in [5.41, 5.74) is 3.03. The minimum atomic E-state index is -0.311. The first kappa shape index (κ1) is 15.5. The first-order valence-corrected chi connectivity index (χ1v) is 8.38. The van der Waals surface area contributed by atoms with E-state index in [1.54, 1.807) is 17.0 Å². The maximum atomic E-state index is 12.2. The van der Waals surface area contributed by atoms with Crippen LogP contribution >= 0.6 is 0 Å². The van der Waals surface area contributed by atoms with Gasteiger partial charge in [0.15, 0.2) is 0 Å². The molecular weight excluding hydrogens is 318 g/mol. The highest BCUT2D eigenvalue weighted by Crippen LogP contribution is 2.28. The number of hydrogen-bond donors (Lipinski definition) is 1. The molecule has 1 fully saturated rings. The highest BCUT2D eigenvalue weighted by molar-refractivity contribution is 5.99. The van der Waals surface area contributed by atoms with Crippen LogP contribution in [0.1, 0.15) is 5.56 Å². The molecule has 0 atom stereocenters. The normalized spacial score (nSPS) is 16.4. The van der Waals surface area contributed by atoms with Gasteiger partial charge in [-0.15, -0.1) is 0 Å². The summed E-state index contributed by atoms with van der Waals surface area (Å²) in [6.45, 7) is 2.70. The Morgan fingerprint density at radius 1 is 1.00 bits per heavy atom. The Hall–Kier alpha value is -3.02. The number of anilines is 2. The molecule has 2 aromatic carbocycles. The van der Waals surface area contributed by atoms with Crippen molar-refractivity contribution in [2.24, 2.45) is 0 Å². The van der Waals surface area contributed by atoms with Crippen LogP contribution in [0, 0.1) is 0 Å². The number of piperazine rings is 1. The van der Waals surface area contributed by atoms with E-state index >= 15 is 0 Å². The fraction of sp³-hybridized carbons (Fsp3) is 0.263. The van der Waals surface area contributed by atoms with Crippen molar-refractivity contribution in [3.63, 3.8) is 0 Å². The van der Waals surface area contributed by atoms with Crippen molar-refractivity contribution >= 4 is 23.4 Å². The molecule has 4 rings (SSSR count). The third-order valence-electron chi connectivity index (χ3n) is 4.57. The van der Waals surface area contributed by atoms with Crippen LogP contribution < -0.4 is 15.0 Å². The van der Waals surface area contributed by atoms with Gasteiger partial charge in [-0.3, -0.25) is 4.79 Å². The Balaban J connectivity index is 1.36.